The molecular weight excluding hydrogens is 338 g/mol. The number of likely N-dealkylation sites (tertiary alicyclic amines) is 1. The molecule has 6 heteroatoms. The predicted octanol–water partition coefficient (Wildman–Crippen LogP) is 3.13. The van der Waals surface area contributed by atoms with E-state index in [0.717, 1.165) is 48.4 Å². The van der Waals surface area contributed by atoms with E-state index < -0.39 is 0 Å². The summed E-state index contributed by atoms with van der Waals surface area (Å²) in [6.45, 7) is 1.49. The molecule has 1 aliphatic heterocycles. The summed E-state index contributed by atoms with van der Waals surface area (Å²) in [6, 6.07) is 13.8. The minimum absolute atomic E-state index is 0.181. The number of hydrogen-bond donors (Lipinski definition) is 2. The summed E-state index contributed by atoms with van der Waals surface area (Å²) in [4.78, 5) is 17.9. The number of para-hydroxylation sites is 1. The molecule has 138 valence electrons. The van der Waals surface area contributed by atoms with Crippen molar-refractivity contribution in [3.05, 3.63) is 65.7 Å². The summed E-state index contributed by atoms with van der Waals surface area (Å²) in [5.41, 5.74) is 3.74. The first-order chi connectivity index (χ1) is 13.2. The molecule has 2 aromatic heterocycles. The van der Waals surface area contributed by atoms with Crippen LogP contribution < -0.4 is 5.32 Å². The second-order valence-electron chi connectivity index (χ2n) is 6.88. The molecule has 0 radical (unpaired) electrons. The summed E-state index contributed by atoms with van der Waals surface area (Å²) in [5.74, 6) is 1.11. The molecule has 3 aromatic rings. The minimum atomic E-state index is 0.181. The second-order valence-corrected chi connectivity index (χ2v) is 6.88. The zero-order chi connectivity index (χ0) is 18.8. The van der Waals surface area contributed by atoms with Crippen molar-refractivity contribution in [3.63, 3.8) is 0 Å². The summed E-state index contributed by atoms with van der Waals surface area (Å²) in [5, 5.41) is 12.0. The normalized spacial score (nSPS) is 17.1. The van der Waals surface area contributed by atoms with E-state index in [1.807, 2.05) is 60.6 Å². The maximum atomic E-state index is 11.2. The van der Waals surface area contributed by atoms with Crippen LogP contribution in [0.1, 0.15) is 35.8 Å². The average Bonchev–Trinajstić information content (AvgIpc) is 3.13. The molecule has 1 amide bonds. The van der Waals surface area contributed by atoms with Crippen LogP contribution in [-0.2, 0) is 4.79 Å². The highest BCUT2D eigenvalue weighted by Crippen LogP contribution is 2.29. The third kappa shape index (κ3) is 3.07. The van der Waals surface area contributed by atoms with Crippen molar-refractivity contribution in [1.29, 1.82) is 5.41 Å². The van der Waals surface area contributed by atoms with Gasteiger partial charge in [-0.1, -0.05) is 24.3 Å². The van der Waals surface area contributed by atoms with Gasteiger partial charge in [-0.2, -0.15) is 0 Å². The lowest BCUT2D eigenvalue weighted by atomic mass is 9.97. The summed E-state index contributed by atoms with van der Waals surface area (Å²) in [7, 11) is 1.86. The molecule has 1 atom stereocenters. The second kappa shape index (κ2) is 7.23. The van der Waals surface area contributed by atoms with Gasteiger partial charge in [0.2, 0.25) is 6.41 Å². The number of amides is 1. The number of aromatic nitrogens is 2. The Morgan fingerprint density at radius 2 is 2.07 bits per heavy atom. The van der Waals surface area contributed by atoms with Crippen molar-refractivity contribution in [2.24, 2.45) is 0 Å². The predicted molar refractivity (Wildman–Crippen MR) is 107 cm³/mol. The fourth-order valence-electron chi connectivity index (χ4n) is 3.89. The Hall–Kier alpha value is -3.15. The van der Waals surface area contributed by atoms with Crippen molar-refractivity contribution >= 4 is 23.3 Å². The van der Waals surface area contributed by atoms with Crippen molar-refractivity contribution in [1.82, 2.24) is 14.3 Å². The molecular formula is C21H23N5O. The number of pyridine rings is 1. The number of rotatable bonds is 5. The molecule has 27 heavy (non-hydrogen) atoms. The Kier molecular flexibility index (Phi) is 4.62. The van der Waals surface area contributed by atoms with Gasteiger partial charge in [0.15, 0.2) is 0 Å². The lowest BCUT2D eigenvalue weighted by Crippen LogP contribution is -2.33. The van der Waals surface area contributed by atoms with E-state index in [9.17, 15) is 4.79 Å². The molecule has 3 heterocycles. The molecule has 2 N–H and O–H groups in total. The van der Waals surface area contributed by atoms with Crippen LogP contribution in [-0.4, -0.2) is 46.5 Å². The quantitative estimate of drug-likeness (QED) is 0.542. The lowest BCUT2D eigenvalue weighted by Gasteiger charge is -2.29. The molecule has 1 aromatic carbocycles. The largest absolute Gasteiger partial charge is 0.388 e. The zero-order valence-corrected chi connectivity index (χ0v) is 15.4. The number of nitrogens with zero attached hydrogens (tertiary/aromatic N) is 3. The number of carbonyl (C=O) groups excluding carboxylic acids is 1. The van der Waals surface area contributed by atoms with Crippen molar-refractivity contribution in [3.8, 4) is 0 Å². The monoisotopic (exact) mass is 361 g/mol. The summed E-state index contributed by atoms with van der Waals surface area (Å²) < 4.78 is 2.07. The highest BCUT2D eigenvalue weighted by atomic mass is 16.1. The van der Waals surface area contributed by atoms with Gasteiger partial charge in [-0.3, -0.25) is 10.2 Å². The van der Waals surface area contributed by atoms with Crippen LogP contribution in [0.5, 0.6) is 0 Å². The van der Waals surface area contributed by atoms with Crippen LogP contribution in [0.15, 0.2) is 48.7 Å². The molecule has 1 unspecified atom stereocenters. The van der Waals surface area contributed by atoms with E-state index >= 15 is 0 Å². The van der Waals surface area contributed by atoms with Gasteiger partial charge in [-0.15, -0.1) is 0 Å². The van der Waals surface area contributed by atoms with Gasteiger partial charge in [0.25, 0.3) is 0 Å². The summed E-state index contributed by atoms with van der Waals surface area (Å²) >= 11 is 0. The number of fused-ring (bicyclic) bond motifs is 1. The van der Waals surface area contributed by atoms with Gasteiger partial charge in [-0.05, 0) is 31.0 Å². The van der Waals surface area contributed by atoms with Gasteiger partial charge in [0.05, 0.1) is 11.2 Å². The van der Waals surface area contributed by atoms with Gasteiger partial charge in [0, 0.05) is 43.5 Å². The topological polar surface area (TPSA) is 73.5 Å². The van der Waals surface area contributed by atoms with Crippen molar-refractivity contribution < 1.29 is 4.79 Å². The first-order valence-corrected chi connectivity index (χ1v) is 9.25. The molecule has 0 spiro atoms. The molecule has 1 saturated heterocycles. The molecule has 1 aliphatic rings. The first-order valence-electron chi connectivity index (χ1n) is 9.25. The van der Waals surface area contributed by atoms with E-state index in [2.05, 4.69) is 9.72 Å². The Bertz CT molecular complexity index is 993. The zero-order valence-electron chi connectivity index (χ0n) is 15.4. The van der Waals surface area contributed by atoms with Gasteiger partial charge in [0.1, 0.15) is 11.5 Å². The van der Waals surface area contributed by atoms with Crippen LogP contribution in [0.3, 0.4) is 0 Å². The Labute approximate surface area is 158 Å². The number of nitrogens with one attached hydrogen (secondary N) is 2. The van der Waals surface area contributed by atoms with Crippen LogP contribution in [0.2, 0.25) is 0 Å². The maximum Gasteiger partial charge on any atom is 0.209 e. The molecule has 0 saturated carbocycles. The molecule has 4 rings (SSSR count). The molecule has 1 fully saturated rings. The Balaban J connectivity index is 1.80. The molecule has 0 bridgehead atoms. The Morgan fingerprint density at radius 1 is 1.26 bits per heavy atom. The number of hydrogen-bond acceptors (Lipinski definition) is 4. The number of anilines is 1. The average molecular weight is 361 g/mol. The summed E-state index contributed by atoms with van der Waals surface area (Å²) in [6.07, 6.45) is 4.89. The number of piperidine rings is 1. The third-order valence-corrected chi connectivity index (χ3v) is 5.25. The SMILES string of the molecule is CNc1ccccc1C(=N)c1nc(C2CCCN(C=O)C2)n2ccccc12. The number of benzene rings is 1. The molecule has 6 nitrogen and oxygen atoms in total. The van der Waals surface area contributed by atoms with E-state index in [1.54, 1.807) is 0 Å². The standard InChI is InChI=1S/C21H23N5O/c1-23-17-9-3-2-8-16(17)19(22)20-18-10-4-5-12-26(18)21(24-20)15-7-6-11-25(13-15)14-27/h2-5,8-10,12,14-15,22-23H,6-7,11,13H2,1H3. The molecule has 0 aliphatic carbocycles. The Morgan fingerprint density at radius 3 is 2.89 bits per heavy atom. The first kappa shape index (κ1) is 17.3. The van der Waals surface area contributed by atoms with E-state index in [0.29, 0.717) is 18.0 Å². The van der Waals surface area contributed by atoms with Crippen LogP contribution in [0, 0.1) is 5.41 Å². The van der Waals surface area contributed by atoms with Gasteiger partial charge >= 0.3 is 0 Å². The minimum Gasteiger partial charge on any atom is -0.388 e. The van der Waals surface area contributed by atoms with Gasteiger partial charge < -0.3 is 14.6 Å². The lowest BCUT2D eigenvalue weighted by molar-refractivity contribution is -0.119. The smallest absolute Gasteiger partial charge is 0.209 e. The van der Waals surface area contributed by atoms with Crippen LogP contribution in [0.4, 0.5) is 5.69 Å². The number of imidazole rings is 1. The highest BCUT2D eigenvalue weighted by Gasteiger charge is 2.26. The van der Waals surface area contributed by atoms with Crippen LogP contribution >= 0.6 is 0 Å². The number of carbonyl (C=O) groups is 1. The van der Waals surface area contributed by atoms with Crippen LogP contribution in [0.25, 0.3) is 5.52 Å². The van der Waals surface area contributed by atoms with Crippen molar-refractivity contribution in [2.45, 2.75) is 18.8 Å². The van der Waals surface area contributed by atoms with E-state index in [1.165, 1.54) is 0 Å². The fourth-order valence-corrected chi connectivity index (χ4v) is 3.89. The maximum absolute atomic E-state index is 11.2. The van der Waals surface area contributed by atoms with E-state index in [-0.39, 0.29) is 5.92 Å². The van der Waals surface area contributed by atoms with Gasteiger partial charge in [-0.25, -0.2) is 4.98 Å². The van der Waals surface area contributed by atoms with E-state index in [4.69, 9.17) is 10.4 Å². The highest BCUT2D eigenvalue weighted by molar-refractivity contribution is 6.16. The fraction of sp³-hybridized carbons (Fsp3) is 0.286. The third-order valence-electron chi connectivity index (χ3n) is 5.25. The van der Waals surface area contributed by atoms with Crippen molar-refractivity contribution in [2.75, 3.05) is 25.5 Å².